The molecule has 0 unspecified atom stereocenters. The molecular weight excluding hydrogens is 326 g/mol. The molecule has 1 amide bonds. The Bertz CT molecular complexity index is 902. The summed E-state index contributed by atoms with van der Waals surface area (Å²) in [6.45, 7) is 0.587. The number of benzene rings is 1. The molecule has 3 N–H and O–H groups in total. The van der Waals surface area contributed by atoms with E-state index in [0.29, 0.717) is 18.9 Å². The van der Waals surface area contributed by atoms with Gasteiger partial charge in [0.1, 0.15) is 5.82 Å². The second-order valence-corrected chi connectivity index (χ2v) is 6.94. The third-order valence-electron chi connectivity index (χ3n) is 5.27. The van der Waals surface area contributed by atoms with Crippen molar-refractivity contribution in [1.29, 1.82) is 0 Å². The normalized spacial score (nSPS) is 19.7. The molecule has 2 aromatic heterocycles. The van der Waals surface area contributed by atoms with E-state index in [4.69, 9.17) is 5.73 Å². The number of nitrogens with one attached hydrogen (secondary N) is 1. The highest BCUT2D eigenvalue weighted by atomic mass is 16.1. The molecule has 1 fully saturated rings. The lowest BCUT2D eigenvalue weighted by atomic mass is 9.95. The van der Waals surface area contributed by atoms with Gasteiger partial charge in [-0.05, 0) is 55.1 Å². The molecule has 0 spiro atoms. The van der Waals surface area contributed by atoms with Crippen LogP contribution in [0.2, 0.25) is 0 Å². The summed E-state index contributed by atoms with van der Waals surface area (Å²) < 4.78 is 1.99. The molecule has 1 aliphatic rings. The third-order valence-corrected chi connectivity index (χ3v) is 5.27. The second-order valence-electron chi connectivity index (χ2n) is 6.94. The number of nitrogens with zero attached hydrogens (tertiary/aromatic N) is 3. The predicted molar refractivity (Wildman–Crippen MR) is 101 cm³/mol. The van der Waals surface area contributed by atoms with Crippen LogP contribution >= 0.6 is 0 Å². The van der Waals surface area contributed by atoms with Crippen LogP contribution in [0.15, 0.2) is 48.7 Å². The quantitative estimate of drug-likeness (QED) is 0.741. The maximum atomic E-state index is 12.5. The van der Waals surface area contributed by atoms with Gasteiger partial charge in [0, 0.05) is 24.2 Å². The molecule has 6 heteroatoms. The average Bonchev–Trinajstić information content (AvgIpc) is 3.30. The molecule has 0 bridgehead atoms. The fourth-order valence-electron chi connectivity index (χ4n) is 3.80. The summed E-state index contributed by atoms with van der Waals surface area (Å²) in [5.74, 6) is 1.35. The van der Waals surface area contributed by atoms with E-state index in [1.54, 1.807) is 0 Å². The molecule has 6 nitrogen and oxygen atoms in total. The van der Waals surface area contributed by atoms with Gasteiger partial charge in [0.25, 0.3) is 0 Å². The third kappa shape index (κ3) is 3.32. The van der Waals surface area contributed by atoms with Crippen molar-refractivity contribution in [3.63, 3.8) is 0 Å². The molecule has 2 atom stereocenters. The maximum absolute atomic E-state index is 12.5. The Hall–Kier alpha value is -2.73. The van der Waals surface area contributed by atoms with E-state index in [2.05, 4.69) is 15.5 Å². The number of fused-ring (bicyclic) bond motifs is 1. The van der Waals surface area contributed by atoms with Gasteiger partial charge in [-0.15, -0.1) is 10.2 Å². The number of hydrogen-bond donors (Lipinski definition) is 2. The first-order valence-electron chi connectivity index (χ1n) is 9.13. The van der Waals surface area contributed by atoms with E-state index in [0.717, 1.165) is 42.0 Å². The van der Waals surface area contributed by atoms with Gasteiger partial charge < -0.3 is 11.1 Å². The molecule has 4 rings (SSSR count). The first-order valence-corrected chi connectivity index (χ1v) is 9.13. The molecule has 134 valence electrons. The molecule has 1 aromatic carbocycles. The molecule has 26 heavy (non-hydrogen) atoms. The molecule has 2 heterocycles. The van der Waals surface area contributed by atoms with Crippen LogP contribution in [0.25, 0.3) is 5.65 Å². The lowest BCUT2D eigenvalue weighted by Crippen LogP contribution is -2.29. The van der Waals surface area contributed by atoms with Crippen molar-refractivity contribution in [2.45, 2.75) is 25.7 Å². The molecule has 3 aromatic rings. The van der Waals surface area contributed by atoms with Crippen LogP contribution in [0.3, 0.4) is 0 Å². The van der Waals surface area contributed by atoms with Crippen molar-refractivity contribution in [3.8, 4) is 0 Å². The van der Waals surface area contributed by atoms with E-state index < -0.39 is 0 Å². The van der Waals surface area contributed by atoms with Crippen molar-refractivity contribution in [3.05, 3.63) is 60.0 Å². The SMILES string of the molecule is NC[C@H]1CCC[C@H]1C(=O)Nc1ccc(Cc2nnc3ccccn23)cc1. The fourth-order valence-corrected chi connectivity index (χ4v) is 3.80. The summed E-state index contributed by atoms with van der Waals surface area (Å²) >= 11 is 0. The van der Waals surface area contributed by atoms with Gasteiger partial charge in [-0.25, -0.2) is 0 Å². The van der Waals surface area contributed by atoms with E-state index in [-0.39, 0.29) is 11.8 Å². The van der Waals surface area contributed by atoms with Gasteiger partial charge in [0.05, 0.1) is 0 Å². The number of rotatable bonds is 5. The van der Waals surface area contributed by atoms with Crippen LogP contribution in [0.5, 0.6) is 0 Å². The number of anilines is 1. The smallest absolute Gasteiger partial charge is 0.227 e. The van der Waals surface area contributed by atoms with Crippen LogP contribution in [-0.4, -0.2) is 27.0 Å². The topological polar surface area (TPSA) is 85.3 Å². The molecule has 0 aliphatic heterocycles. The molecule has 0 radical (unpaired) electrons. The minimum atomic E-state index is 0.0436. The zero-order valence-corrected chi connectivity index (χ0v) is 14.6. The molecule has 0 saturated heterocycles. The summed E-state index contributed by atoms with van der Waals surface area (Å²) in [5.41, 5.74) is 8.58. The minimum Gasteiger partial charge on any atom is -0.330 e. The highest BCUT2D eigenvalue weighted by molar-refractivity contribution is 5.92. The Labute approximate surface area is 152 Å². The molecule has 1 aliphatic carbocycles. The minimum absolute atomic E-state index is 0.0436. The van der Waals surface area contributed by atoms with E-state index >= 15 is 0 Å². The summed E-state index contributed by atoms with van der Waals surface area (Å²) in [6.07, 6.45) is 5.74. The van der Waals surface area contributed by atoms with Crippen molar-refractivity contribution >= 4 is 17.2 Å². The first-order chi connectivity index (χ1) is 12.7. The highest BCUT2D eigenvalue weighted by Crippen LogP contribution is 2.31. The summed E-state index contributed by atoms with van der Waals surface area (Å²) in [7, 11) is 0. The zero-order valence-electron chi connectivity index (χ0n) is 14.6. The van der Waals surface area contributed by atoms with Gasteiger partial charge in [0.15, 0.2) is 5.65 Å². The van der Waals surface area contributed by atoms with Gasteiger partial charge >= 0.3 is 0 Å². The second kappa shape index (κ2) is 7.25. The summed E-state index contributed by atoms with van der Waals surface area (Å²) in [5, 5.41) is 11.5. The highest BCUT2D eigenvalue weighted by Gasteiger charge is 2.31. The van der Waals surface area contributed by atoms with Crippen LogP contribution in [-0.2, 0) is 11.2 Å². The largest absolute Gasteiger partial charge is 0.330 e. The van der Waals surface area contributed by atoms with Crippen LogP contribution in [0.4, 0.5) is 5.69 Å². The Kier molecular flexibility index (Phi) is 4.67. The number of carbonyl (C=O) groups excluding carboxylic acids is 1. The van der Waals surface area contributed by atoms with Gasteiger partial charge in [0.2, 0.25) is 5.91 Å². The van der Waals surface area contributed by atoms with Crippen LogP contribution < -0.4 is 11.1 Å². The molecule has 1 saturated carbocycles. The summed E-state index contributed by atoms with van der Waals surface area (Å²) in [6, 6.07) is 13.8. The number of hydrogen-bond acceptors (Lipinski definition) is 4. The standard InChI is InChI=1S/C20H23N5O/c21-13-15-4-3-5-17(15)20(26)22-16-9-7-14(8-10-16)12-19-24-23-18-6-1-2-11-25(18)19/h1-2,6-11,15,17H,3-5,12-13,21H2,(H,22,26)/t15-,17-/m1/s1. The van der Waals surface area contributed by atoms with Crippen molar-refractivity contribution in [2.24, 2.45) is 17.6 Å². The van der Waals surface area contributed by atoms with Crippen molar-refractivity contribution in [1.82, 2.24) is 14.6 Å². The summed E-state index contributed by atoms with van der Waals surface area (Å²) in [4.78, 5) is 12.5. The Morgan fingerprint density at radius 3 is 2.81 bits per heavy atom. The number of aromatic nitrogens is 3. The van der Waals surface area contributed by atoms with Crippen LogP contribution in [0, 0.1) is 11.8 Å². The maximum Gasteiger partial charge on any atom is 0.227 e. The molecular formula is C20H23N5O. The zero-order chi connectivity index (χ0) is 17.9. The Morgan fingerprint density at radius 2 is 2.00 bits per heavy atom. The number of pyridine rings is 1. The first kappa shape index (κ1) is 16.7. The van der Waals surface area contributed by atoms with Gasteiger partial charge in [-0.3, -0.25) is 9.20 Å². The predicted octanol–water partition coefficient (Wildman–Crippen LogP) is 2.63. The fraction of sp³-hybridized carbons (Fsp3) is 0.350. The average molecular weight is 349 g/mol. The Morgan fingerprint density at radius 1 is 1.15 bits per heavy atom. The monoisotopic (exact) mass is 349 g/mol. The lowest BCUT2D eigenvalue weighted by Gasteiger charge is -2.17. The van der Waals surface area contributed by atoms with Gasteiger partial charge in [-0.2, -0.15) is 0 Å². The van der Waals surface area contributed by atoms with Crippen molar-refractivity contribution < 1.29 is 4.79 Å². The Balaban J connectivity index is 1.43. The number of carbonyl (C=O) groups is 1. The van der Waals surface area contributed by atoms with Gasteiger partial charge in [-0.1, -0.05) is 24.6 Å². The number of amides is 1. The van der Waals surface area contributed by atoms with E-state index in [1.165, 1.54) is 0 Å². The van der Waals surface area contributed by atoms with Crippen molar-refractivity contribution in [2.75, 3.05) is 11.9 Å². The van der Waals surface area contributed by atoms with E-state index in [1.807, 2.05) is 53.1 Å². The number of nitrogens with two attached hydrogens (primary N) is 1. The lowest BCUT2D eigenvalue weighted by molar-refractivity contribution is -0.120. The van der Waals surface area contributed by atoms with E-state index in [9.17, 15) is 4.79 Å². The van der Waals surface area contributed by atoms with Crippen LogP contribution in [0.1, 0.15) is 30.7 Å².